The number of hydrogen-bond acceptors (Lipinski definition) is 3. The predicted octanol–water partition coefficient (Wildman–Crippen LogP) is 3.73. The molecule has 0 atom stereocenters. The summed E-state index contributed by atoms with van der Waals surface area (Å²) >= 11 is 3.37. The van der Waals surface area contributed by atoms with E-state index in [4.69, 9.17) is 5.11 Å². The third-order valence-electron chi connectivity index (χ3n) is 2.65. The molecule has 5 heteroatoms. The third kappa shape index (κ3) is 3.24. The summed E-state index contributed by atoms with van der Waals surface area (Å²) in [7, 11) is 0. The van der Waals surface area contributed by atoms with Crippen molar-refractivity contribution >= 4 is 34.1 Å². The number of rotatable bonds is 3. The zero-order valence-electron chi connectivity index (χ0n) is 10.7. The van der Waals surface area contributed by atoms with Crippen LogP contribution in [0.15, 0.2) is 34.8 Å². The van der Waals surface area contributed by atoms with Gasteiger partial charge in [0.1, 0.15) is 11.3 Å². The summed E-state index contributed by atoms with van der Waals surface area (Å²) in [4.78, 5) is 15.3. The summed E-state index contributed by atoms with van der Waals surface area (Å²) < 4.78 is 0.929. The highest BCUT2D eigenvalue weighted by Gasteiger charge is 2.15. The molecule has 1 aromatic carbocycles. The Kier molecular flexibility index (Phi) is 4.20. The Morgan fingerprint density at radius 1 is 1.30 bits per heavy atom. The van der Waals surface area contributed by atoms with Crippen molar-refractivity contribution in [2.45, 2.75) is 6.92 Å². The number of benzene rings is 1. The largest absolute Gasteiger partial charge is 0.507 e. The first-order valence-electron chi connectivity index (χ1n) is 5.85. The fourth-order valence-electron chi connectivity index (χ4n) is 1.80. The van der Waals surface area contributed by atoms with Crippen LogP contribution in [0.1, 0.15) is 27.3 Å². The van der Waals surface area contributed by atoms with Gasteiger partial charge in [0.25, 0.3) is 0 Å². The van der Waals surface area contributed by atoms with Crippen LogP contribution in [0.2, 0.25) is 0 Å². The van der Waals surface area contributed by atoms with Gasteiger partial charge < -0.3 is 10.2 Å². The second-order valence-electron chi connectivity index (χ2n) is 4.24. The molecule has 0 unspecified atom stereocenters. The summed E-state index contributed by atoms with van der Waals surface area (Å²) in [6.07, 6.45) is 3.33. The molecule has 0 fully saturated rings. The van der Waals surface area contributed by atoms with Crippen LogP contribution < -0.4 is 0 Å². The molecular formula is C15H12BrNO3. The first-order chi connectivity index (χ1) is 9.47. The van der Waals surface area contributed by atoms with Crippen molar-refractivity contribution in [3.05, 3.63) is 57.3 Å². The van der Waals surface area contributed by atoms with Gasteiger partial charge >= 0.3 is 5.97 Å². The highest BCUT2D eigenvalue weighted by molar-refractivity contribution is 9.10. The van der Waals surface area contributed by atoms with Gasteiger partial charge in [0.2, 0.25) is 0 Å². The maximum atomic E-state index is 11.2. The van der Waals surface area contributed by atoms with Gasteiger partial charge in [0, 0.05) is 16.2 Å². The predicted molar refractivity (Wildman–Crippen MR) is 80.7 cm³/mol. The zero-order chi connectivity index (χ0) is 14.7. The number of nitrogens with zero attached hydrogens (tertiary/aromatic N) is 1. The second-order valence-corrected chi connectivity index (χ2v) is 5.15. The smallest absolute Gasteiger partial charge is 0.341 e. The molecule has 0 radical (unpaired) electrons. The molecule has 0 aliphatic carbocycles. The summed E-state index contributed by atoms with van der Waals surface area (Å²) in [5, 5.41) is 18.9. The Hall–Kier alpha value is -2.14. The Bertz CT molecular complexity index is 696. The highest BCUT2D eigenvalue weighted by atomic mass is 79.9. The lowest BCUT2D eigenvalue weighted by molar-refractivity contribution is 0.0693. The maximum absolute atomic E-state index is 11.2. The van der Waals surface area contributed by atoms with E-state index in [1.165, 1.54) is 6.07 Å². The number of carboxylic acid groups (broad SMARTS) is 1. The summed E-state index contributed by atoms with van der Waals surface area (Å²) in [6, 6.07) is 8.89. The Balaban J connectivity index is 2.45. The van der Waals surface area contributed by atoms with E-state index in [-0.39, 0.29) is 17.0 Å². The average Bonchev–Trinajstić information content (AvgIpc) is 2.35. The normalized spacial score (nSPS) is 10.9. The lowest BCUT2D eigenvalue weighted by Crippen LogP contribution is -2.03. The van der Waals surface area contributed by atoms with E-state index in [0.29, 0.717) is 5.69 Å². The molecule has 2 N–H and O–H groups in total. The molecule has 1 heterocycles. The number of aromatic nitrogens is 1. The standard InChI is InChI=1S/C15H12BrNO3/c1-9-7-13(18)14(15(19)20)12(17-9)6-5-10-3-2-4-11(16)8-10/h2-8H,1H3,(H,17,18)(H,19,20)/b6-5+. The minimum atomic E-state index is -1.20. The van der Waals surface area contributed by atoms with Gasteiger partial charge in [-0.2, -0.15) is 0 Å². The molecule has 0 bridgehead atoms. The molecular weight excluding hydrogens is 322 g/mol. The highest BCUT2D eigenvalue weighted by Crippen LogP contribution is 2.23. The van der Waals surface area contributed by atoms with Gasteiger partial charge in [-0.25, -0.2) is 4.79 Å². The SMILES string of the molecule is Cc1cc(O)c(C(=O)O)c(/C=C/c2cccc(Br)c2)n1. The van der Waals surface area contributed by atoms with Crippen molar-refractivity contribution in [3.63, 3.8) is 0 Å². The maximum Gasteiger partial charge on any atom is 0.341 e. The van der Waals surface area contributed by atoms with Gasteiger partial charge in [0.05, 0.1) is 5.69 Å². The van der Waals surface area contributed by atoms with Crippen molar-refractivity contribution in [3.8, 4) is 5.75 Å². The average molecular weight is 334 g/mol. The fourth-order valence-corrected chi connectivity index (χ4v) is 2.22. The molecule has 1 aromatic heterocycles. The summed E-state index contributed by atoms with van der Waals surface area (Å²) in [5.41, 5.74) is 1.50. The van der Waals surface area contributed by atoms with Crippen LogP contribution in [0.4, 0.5) is 0 Å². The summed E-state index contributed by atoms with van der Waals surface area (Å²) in [6.45, 7) is 1.70. The Morgan fingerprint density at radius 2 is 2.05 bits per heavy atom. The molecule has 0 saturated carbocycles. The number of carboxylic acids is 1. The van der Waals surface area contributed by atoms with E-state index in [9.17, 15) is 9.90 Å². The molecule has 2 aromatic rings. The lowest BCUT2D eigenvalue weighted by Gasteiger charge is -2.05. The monoisotopic (exact) mass is 333 g/mol. The molecule has 0 amide bonds. The molecule has 2 rings (SSSR count). The van der Waals surface area contributed by atoms with E-state index in [1.54, 1.807) is 19.1 Å². The van der Waals surface area contributed by atoms with Gasteiger partial charge in [-0.1, -0.05) is 34.1 Å². The third-order valence-corrected chi connectivity index (χ3v) is 3.14. The molecule has 0 spiro atoms. The van der Waals surface area contributed by atoms with Crippen LogP contribution in [0.3, 0.4) is 0 Å². The molecule has 102 valence electrons. The van der Waals surface area contributed by atoms with Crippen molar-refractivity contribution in [1.82, 2.24) is 4.98 Å². The van der Waals surface area contributed by atoms with E-state index in [0.717, 1.165) is 10.0 Å². The van der Waals surface area contributed by atoms with Crippen molar-refractivity contribution in [2.24, 2.45) is 0 Å². The van der Waals surface area contributed by atoms with Crippen molar-refractivity contribution in [1.29, 1.82) is 0 Å². The zero-order valence-corrected chi connectivity index (χ0v) is 12.3. The van der Waals surface area contributed by atoms with Crippen LogP contribution in [-0.2, 0) is 0 Å². The van der Waals surface area contributed by atoms with Crippen LogP contribution in [-0.4, -0.2) is 21.2 Å². The van der Waals surface area contributed by atoms with Crippen molar-refractivity contribution < 1.29 is 15.0 Å². The van der Waals surface area contributed by atoms with Gasteiger partial charge in [-0.05, 0) is 30.7 Å². The number of aryl methyl sites for hydroxylation is 1. The van der Waals surface area contributed by atoms with E-state index >= 15 is 0 Å². The topological polar surface area (TPSA) is 70.4 Å². The van der Waals surface area contributed by atoms with Gasteiger partial charge in [-0.15, -0.1) is 0 Å². The number of aromatic hydroxyl groups is 1. The first-order valence-corrected chi connectivity index (χ1v) is 6.64. The second kappa shape index (κ2) is 5.88. The molecule has 0 aliphatic heterocycles. The number of halogens is 1. The summed E-state index contributed by atoms with van der Waals surface area (Å²) in [5.74, 6) is -1.48. The van der Waals surface area contributed by atoms with Crippen LogP contribution >= 0.6 is 15.9 Å². The van der Waals surface area contributed by atoms with E-state index in [2.05, 4.69) is 20.9 Å². The number of hydrogen-bond donors (Lipinski definition) is 2. The first kappa shape index (κ1) is 14.3. The van der Waals surface area contributed by atoms with E-state index < -0.39 is 5.97 Å². The quantitative estimate of drug-likeness (QED) is 0.897. The minimum absolute atomic E-state index is 0.193. The Morgan fingerprint density at radius 3 is 2.70 bits per heavy atom. The minimum Gasteiger partial charge on any atom is -0.507 e. The Labute approximate surface area is 124 Å². The molecule has 4 nitrogen and oxygen atoms in total. The molecule has 0 aliphatic rings. The van der Waals surface area contributed by atoms with Gasteiger partial charge in [-0.3, -0.25) is 4.98 Å². The molecule has 20 heavy (non-hydrogen) atoms. The van der Waals surface area contributed by atoms with Crippen LogP contribution in [0, 0.1) is 6.92 Å². The van der Waals surface area contributed by atoms with Gasteiger partial charge in [0.15, 0.2) is 0 Å². The van der Waals surface area contributed by atoms with Crippen LogP contribution in [0.5, 0.6) is 5.75 Å². The lowest BCUT2D eigenvalue weighted by atomic mass is 10.1. The molecule has 0 saturated heterocycles. The number of aromatic carboxylic acids is 1. The fraction of sp³-hybridized carbons (Fsp3) is 0.0667. The van der Waals surface area contributed by atoms with Crippen LogP contribution in [0.25, 0.3) is 12.2 Å². The number of pyridine rings is 1. The number of carbonyl (C=O) groups is 1. The van der Waals surface area contributed by atoms with E-state index in [1.807, 2.05) is 24.3 Å². The van der Waals surface area contributed by atoms with Crippen molar-refractivity contribution in [2.75, 3.05) is 0 Å².